The number of rotatable bonds is 3. The highest BCUT2D eigenvalue weighted by molar-refractivity contribution is 8.01. The second-order valence-electron chi connectivity index (χ2n) is 6.91. The number of likely N-dealkylation sites (N-methyl/N-ethyl adjacent to an activating group) is 1. The van der Waals surface area contributed by atoms with Crippen molar-refractivity contribution < 1.29 is 9.59 Å². The lowest BCUT2D eigenvalue weighted by atomic mass is 10.0. The van der Waals surface area contributed by atoms with Crippen LogP contribution < -0.4 is 4.90 Å². The maximum Gasteiger partial charge on any atom is 0.250 e. The number of thioether (sulfide) groups is 1. The highest BCUT2D eigenvalue weighted by Crippen LogP contribution is 2.47. The number of amides is 2. The van der Waals surface area contributed by atoms with Crippen LogP contribution in [0.2, 0.25) is 0 Å². The SMILES string of the molecule is CC(C)c1cccc(N(C)C(=O)[C@@H]2CS[C@]3(C)CCC(=O)N23)c1. The molecule has 0 aromatic heterocycles. The van der Waals surface area contributed by atoms with E-state index < -0.39 is 0 Å². The molecule has 2 aliphatic heterocycles. The Morgan fingerprint density at radius 1 is 1.43 bits per heavy atom. The zero-order valence-electron chi connectivity index (χ0n) is 14.2. The fourth-order valence-corrected chi connectivity index (χ4v) is 4.87. The number of carbonyl (C=O) groups is 2. The summed E-state index contributed by atoms with van der Waals surface area (Å²) in [6.07, 6.45) is 1.40. The number of anilines is 1. The van der Waals surface area contributed by atoms with Gasteiger partial charge in [-0.2, -0.15) is 0 Å². The van der Waals surface area contributed by atoms with E-state index in [-0.39, 0.29) is 22.7 Å². The summed E-state index contributed by atoms with van der Waals surface area (Å²) in [5.74, 6) is 1.23. The zero-order chi connectivity index (χ0) is 16.8. The molecule has 0 saturated carbocycles. The fourth-order valence-electron chi connectivity index (χ4n) is 3.45. The number of carbonyl (C=O) groups excluding carboxylic acids is 2. The molecule has 4 nitrogen and oxygen atoms in total. The molecule has 3 rings (SSSR count). The largest absolute Gasteiger partial charge is 0.315 e. The summed E-state index contributed by atoms with van der Waals surface area (Å²) < 4.78 is 0. The Kier molecular flexibility index (Phi) is 4.17. The van der Waals surface area contributed by atoms with Gasteiger partial charge in [0.15, 0.2) is 0 Å². The normalized spacial score (nSPS) is 26.7. The summed E-state index contributed by atoms with van der Waals surface area (Å²) in [5.41, 5.74) is 2.11. The molecule has 23 heavy (non-hydrogen) atoms. The van der Waals surface area contributed by atoms with Crippen molar-refractivity contribution in [2.45, 2.75) is 50.4 Å². The number of fused-ring (bicyclic) bond motifs is 1. The molecule has 2 aliphatic rings. The van der Waals surface area contributed by atoms with Gasteiger partial charge in [0.05, 0.1) is 4.87 Å². The van der Waals surface area contributed by atoms with Crippen molar-refractivity contribution in [3.63, 3.8) is 0 Å². The highest BCUT2D eigenvalue weighted by atomic mass is 32.2. The molecule has 0 aliphatic carbocycles. The molecule has 0 spiro atoms. The molecule has 5 heteroatoms. The Labute approximate surface area is 142 Å². The summed E-state index contributed by atoms with van der Waals surface area (Å²) in [7, 11) is 1.81. The molecule has 2 amide bonds. The molecule has 124 valence electrons. The van der Waals surface area contributed by atoms with Gasteiger partial charge in [0.1, 0.15) is 6.04 Å². The molecule has 0 N–H and O–H groups in total. The monoisotopic (exact) mass is 332 g/mol. The van der Waals surface area contributed by atoms with Crippen molar-refractivity contribution in [1.82, 2.24) is 4.90 Å². The quantitative estimate of drug-likeness (QED) is 0.853. The highest BCUT2D eigenvalue weighted by Gasteiger charge is 2.53. The first-order valence-corrected chi connectivity index (χ1v) is 9.16. The predicted octanol–water partition coefficient (Wildman–Crippen LogP) is 3.23. The van der Waals surface area contributed by atoms with E-state index in [9.17, 15) is 9.59 Å². The molecule has 1 aromatic carbocycles. The van der Waals surface area contributed by atoms with Gasteiger partial charge in [0, 0.05) is 24.9 Å². The molecular weight excluding hydrogens is 308 g/mol. The Bertz CT molecular complexity index is 646. The van der Waals surface area contributed by atoms with Gasteiger partial charge >= 0.3 is 0 Å². The minimum Gasteiger partial charge on any atom is -0.315 e. The van der Waals surface area contributed by atoms with Gasteiger partial charge in [-0.25, -0.2) is 0 Å². The molecule has 0 unspecified atom stereocenters. The van der Waals surface area contributed by atoms with Gasteiger partial charge < -0.3 is 9.80 Å². The first-order valence-electron chi connectivity index (χ1n) is 8.17. The smallest absolute Gasteiger partial charge is 0.250 e. The minimum atomic E-state index is -0.340. The van der Waals surface area contributed by atoms with E-state index >= 15 is 0 Å². The van der Waals surface area contributed by atoms with Crippen LogP contribution in [0.5, 0.6) is 0 Å². The third kappa shape index (κ3) is 2.75. The second-order valence-corrected chi connectivity index (χ2v) is 8.41. The van der Waals surface area contributed by atoms with Crippen LogP contribution >= 0.6 is 11.8 Å². The van der Waals surface area contributed by atoms with E-state index in [2.05, 4.69) is 32.9 Å². The minimum absolute atomic E-state index is 0.0115. The number of benzene rings is 1. The zero-order valence-corrected chi connectivity index (χ0v) is 15.0. The third-order valence-electron chi connectivity index (χ3n) is 4.98. The van der Waals surface area contributed by atoms with Gasteiger partial charge in [-0.05, 0) is 37.0 Å². The van der Waals surface area contributed by atoms with Crippen LogP contribution in [0, 0.1) is 0 Å². The van der Waals surface area contributed by atoms with Crippen LogP contribution in [0.3, 0.4) is 0 Å². The summed E-state index contributed by atoms with van der Waals surface area (Å²) in [6, 6.07) is 7.75. The molecule has 0 radical (unpaired) electrons. The van der Waals surface area contributed by atoms with Crippen LogP contribution in [0.25, 0.3) is 0 Å². The van der Waals surface area contributed by atoms with E-state index in [1.807, 2.05) is 24.1 Å². The van der Waals surface area contributed by atoms with Crippen molar-refractivity contribution in [1.29, 1.82) is 0 Å². The van der Waals surface area contributed by atoms with E-state index in [0.717, 1.165) is 12.1 Å². The molecule has 0 bridgehead atoms. The maximum atomic E-state index is 13.0. The summed E-state index contributed by atoms with van der Waals surface area (Å²) in [5, 5.41) is 0. The Morgan fingerprint density at radius 3 is 2.87 bits per heavy atom. The van der Waals surface area contributed by atoms with Crippen LogP contribution in [-0.2, 0) is 9.59 Å². The van der Waals surface area contributed by atoms with E-state index in [4.69, 9.17) is 0 Å². The van der Waals surface area contributed by atoms with Gasteiger partial charge in [0.2, 0.25) is 11.8 Å². The van der Waals surface area contributed by atoms with Crippen molar-refractivity contribution in [3.05, 3.63) is 29.8 Å². The molecule has 2 heterocycles. The Morgan fingerprint density at radius 2 is 2.17 bits per heavy atom. The number of hydrogen-bond donors (Lipinski definition) is 0. The molecule has 1 aromatic rings. The number of nitrogens with zero attached hydrogens (tertiary/aromatic N) is 2. The fraction of sp³-hybridized carbons (Fsp3) is 0.556. The summed E-state index contributed by atoms with van der Waals surface area (Å²) >= 11 is 1.73. The van der Waals surface area contributed by atoms with Crippen LogP contribution in [0.1, 0.15) is 45.1 Å². The second kappa shape index (κ2) is 5.86. The standard InChI is InChI=1S/C18H24N2O2S/c1-12(2)13-6-5-7-14(10-13)19(4)17(22)15-11-23-18(3)9-8-16(21)20(15)18/h5-7,10,12,15H,8-9,11H2,1-4H3/t15-,18+/m0/s1. The van der Waals surface area contributed by atoms with Gasteiger partial charge in [0.25, 0.3) is 0 Å². The lowest BCUT2D eigenvalue weighted by molar-refractivity contribution is -0.136. The first-order chi connectivity index (χ1) is 10.8. The summed E-state index contributed by atoms with van der Waals surface area (Å²) in [6.45, 7) is 6.36. The van der Waals surface area contributed by atoms with Crippen LogP contribution in [-0.4, -0.2) is 40.4 Å². The van der Waals surface area contributed by atoms with Crippen molar-refractivity contribution in [2.24, 2.45) is 0 Å². The predicted molar refractivity (Wildman–Crippen MR) is 94.7 cm³/mol. The van der Waals surface area contributed by atoms with Crippen molar-refractivity contribution >= 4 is 29.3 Å². The molecular formula is C18H24N2O2S. The topological polar surface area (TPSA) is 40.6 Å². The van der Waals surface area contributed by atoms with Crippen molar-refractivity contribution in [2.75, 3.05) is 17.7 Å². The van der Waals surface area contributed by atoms with Gasteiger partial charge in [-0.1, -0.05) is 26.0 Å². The van der Waals surface area contributed by atoms with E-state index in [0.29, 0.717) is 18.1 Å². The Balaban J connectivity index is 1.83. The lowest BCUT2D eigenvalue weighted by Gasteiger charge is -2.32. The average molecular weight is 332 g/mol. The average Bonchev–Trinajstić information content (AvgIpc) is 3.02. The third-order valence-corrected chi connectivity index (χ3v) is 6.49. The summed E-state index contributed by atoms with van der Waals surface area (Å²) in [4.78, 5) is 28.5. The molecule has 2 saturated heterocycles. The van der Waals surface area contributed by atoms with E-state index in [1.54, 1.807) is 16.7 Å². The van der Waals surface area contributed by atoms with Gasteiger partial charge in [-0.15, -0.1) is 11.8 Å². The Hall–Kier alpha value is -1.49. The maximum absolute atomic E-state index is 13.0. The van der Waals surface area contributed by atoms with Crippen LogP contribution in [0.4, 0.5) is 5.69 Å². The molecule has 2 fully saturated rings. The lowest BCUT2D eigenvalue weighted by Crippen LogP contribution is -2.50. The first kappa shape index (κ1) is 16.4. The van der Waals surface area contributed by atoms with E-state index in [1.165, 1.54) is 5.56 Å². The van der Waals surface area contributed by atoms with Gasteiger partial charge in [-0.3, -0.25) is 9.59 Å². The van der Waals surface area contributed by atoms with Crippen LogP contribution in [0.15, 0.2) is 24.3 Å². The van der Waals surface area contributed by atoms with Crippen molar-refractivity contribution in [3.8, 4) is 0 Å². The number of hydrogen-bond acceptors (Lipinski definition) is 3. The molecule has 2 atom stereocenters.